The van der Waals surface area contributed by atoms with Crippen LogP contribution in [-0.2, 0) is 0 Å². The van der Waals surface area contributed by atoms with Gasteiger partial charge in [0.1, 0.15) is 5.75 Å². The van der Waals surface area contributed by atoms with E-state index in [2.05, 4.69) is 26.1 Å². The Kier molecular flexibility index (Phi) is 3.53. The van der Waals surface area contributed by atoms with E-state index in [1.807, 2.05) is 24.3 Å². The van der Waals surface area contributed by atoms with Gasteiger partial charge >= 0.3 is 5.97 Å². The van der Waals surface area contributed by atoms with Crippen LogP contribution in [0.25, 0.3) is 10.9 Å². The first kappa shape index (κ1) is 13.5. The number of halogens is 1. The summed E-state index contributed by atoms with van der Waals surface area (Å²) in [5.74, 6) is -0.0815. The summed E-state index contributed by atoms with van der Waals surface area (Å²) >= 11 is 3.35. The second kappa shape index (κ2) is 5.49. The van der Waals surface area contributed by atoms with Crippen LogP contribution >= 0.6 is 15.9 Å². The fraction of sp³-hybridized carbons (Fsp3) is 0. The van der Waals surface area contributed by atoms with E-state index in [-0.39, 0.29) is 5.56 Å². The topological polar surface area (TPSA) is 72.3 Å². The molecule has 21 heavy (non-hydrogen) atoms. The van der Waals surface area contributed by atoms with E-state index < -0.39 is 5.97 Å². The predicted molar refractivity (Wildman–Crippen MR) is 80.7 cm³/mol. The minimum absolute atomic E-state index is 0.152. The number of aromatic nitrogens is 2. The van der Waals surface area contributed by atoms with E-state index in [0.717, 1.165) is 5.39 Å². The lowest BCUT2D eigenvalue weighted by atomic mass is 10.2. The van der Waals surface area contributed by atoms with E-state index >= 15 is 0 Å². The van der Waals surface area contributed by atoms with Crippen molar-refractivity contribution in [3.05, 3.63) is 58.7 Å². The normalized spacial score (nSPS) is 10.5. The lowest BCUT2D eigenvalue weighted by molar-refractivity contribution is 0.0696. The summed E-state index contributed by atoms with van der Waals surface area (Å²) < 4.78 is 6.46. The highest BCUT2D eigenvalue weighted by molar-refractivity contribution is 9.10. The van der Waals surface area contributed by atoms with Crippen molar-refractivity contribution in [1.29, 1.82) is 0 Å². The van der Waals surface area contributed by atoms with Crippen molar-refractivity contribution in [3.8, 4) is 11.5 Å². The molecule has 0 radical (unpaired) electrons. The summed E-state index contributed by atoms with van der Waals surface area (Å²) in [5.41, 5.74) is 0.861. The number of hydrogen-bond donors (Lipinski definition) is 1. The zero-order chi connectivity index (χ0) is 14.8. The molecule has 3 aromatic rings. The van der Waals surface area contributed by atoms with Crippen LogP contribution in [0, 0.1) is 0 Å². The first-order valence-corrected chi connectivity index (χ1v) is 6.85. The number of aromatic carboxylic acids is 1. The second-order valence-corrected chi connectivity index (χ2v) is 5.13. The Balaban J connectivity index is 2.06. The average molecular weight is 345 g/mol. The Morgan fingerprint density at radius 1 is 1.14 bits per heavy atom. The molecular weight excluding hydrogens is 336 g/mol. The largest absolute Gasteiger partial charge is 0.478 e. The molecule has 0 aliphatic carbocycles. The van der Waals surface area contributed by atoms with Gasteiger partial charge in [-0.1, -0.05) is 12.1 Å². The molecule has 3 rings (SSSR count). The van der Waals surface area contributed by atoms with Gasteiger partial charge in [0.05, 0.1) is 21.7 Å². The zero-order valence-corrected chi connectivity index (χ0v) is 12.2. The number of benzene rings is 2. The van der Waals surface area contributed by atoms with Gasteiger partial charge < -0.3 is 9.84 Å². The van der Waals surface area contributed by atoms with Crippen molar-refractivity contribution in [2.45, 2.75) is 0 Å². The van der Waals surface area contributed by atoms with Crippen LogP contribution < -0.4 is 4.74 Å². The maximum absolute atomic E-state index is 11.0. The first-order valence-electron chi connectivity index (χ1n) is 6.06. The standard InChI is InChI=1S/C15H9BrN2O3/c16-11-6-5-9(15(19)20)7-13(11)21-14-8-17-18-12-4-2-1-3-10(12)14/h1-8H,(H,19,20). The van der Waals surface area contributed by atoms with Crippen molar-refractivity contribution in [2.75, 3.05) is 0 Å². The van der Waals surface area contributed by atoms with Gasteiger partial charge in [0.25, 0.3) is 0 Å². The predicted octanol–water partition coefficient (Wildman–Crippen LogP) is 3.88. The molecule has 1 N–H and O–H groups in total. The number of carboxylic acid groups (broad SMARTS) is 1. The van der Waals surface area contributed by atoms with Crippen molar-refractivity contribution >= 4 is 32.8 Å². The number of hydrogen-bond acceptors (Lipinski definition) is 4. The van der Waals surface area contributed by atoms with Crippen LogP contribution in [0.1, 0.15) is 10.4 Å². The molecule has 0 atom stereocenters. The van der Waals surface area contributed by atoms with E-state index in [1.54, 1.807) is 6.07 Å². The van der Waals surface area contributed by atoms with E-state index in [9.17, 15) is 4.79 Å². The maximum Gasteiger partial charge on any atom is 0.335 e. The monoisotopic (exact) mass is 344 g/mol. The summed E-state index contributed by atoms with van der Waals surface area (Å²) in [7, 11) is 0. The third-order valence-electron chi connectivity index (χ3n) is 2.91. The minimum Gasteiger partial charge on any atom is -0.478 e. The molecule has 6 heteroatoms. The van der Waals surface area contributed by atoms with Gasteiger partial charge in [-0.3, -0.25) is 0 Å². The molecule has 0 bridgehead atoms. The van der Waals surface area contributed by atoms with Gasteiger partial charge in [-0.2, -0.15) is 10.2 Å². The summed E-state index contributed by atoms with van der Waals surface area (Å²) in [5, 5.41) is 17.8. The molecule has 5 nitrogen and oxygen atoms in total. The minimum atomic E-state index is -1.01. The fourth-order valence-electron chi connectivity index (χ4n) is 1.90. The number of carboxylic acids is 1. The number of ether oxygens (including phenoxy) is 1. The Morgan fingerprint density at radius 3 is 2.76 bits per heavy atom. The first-order chi connectivity index (χ1) is 10.1. The maximum atomic E-state index is 11.0. The van der Waals surface area contributed by atoms with Crippen LogP contribution in [0.2, 0.25) is 0 Å². The summed E-state index contributed by atoms with van der Waals surface area (Å²) in [6, 6.07) is 12.0. The summed E-state index contributed by atoms with van der Waals surface area (Å²) in [6.45, 7) is 0. The molecule has 0 amide bonds. The average Bonchev–Trinajstić information content (AvgIpc) is 2.49. The molecule has 0 saturated heterocycles. The van der Waals surface area contributed by atoms with Gasteiger partial charge in [0.2, 0.25) is 0 Å². The van der Waals surface area contributed by atoms with Crippen molar-refractivity contribution in [2.24, 2.45) is 0 Å². The van der Waals surface area contributed by atoms with Crippen LogP contribution in [0.15, 0.2) is 53.1 Å². The Hall–Kier alpha value is -2.47. The van der Waals surface area contributed by atoms with Crippen molar-refractivity contribution in [1.82, 2.24) is 10.2 Å². The van der Waals surface area contributed by atoms with E-state index in [1.165, 1.54) is 18.3 Å². The molecule has 0 saturated carbocycles. The smallest absolute Gasteiger partial charge is 0.335 e. The molecule has 0 aliphatic rings. The Morgan fingerprint density at radius 2 is 1.95 bits per heavy atom. The van der Waals surface area contributed by atoms with Crippen molar-refractivity contribution < 1.29 is 14.6 Å². The Labute approximate surface area is 128 Å². The van der Waals surface area contributed by atoms with Crippen LogP contribution in [0.5, 0.6) is 11.5 Å². The van der Waals surface area contributed by atoms with Crippen LogP contribution in [0.4, 0.5) is 0 Å². The number of rotatable bonds is 3. The van der Waals surface area contributed by atoms with Crippen LogP contribution in [0.3, 0.4) is 0 Å². The van der Waals surface area contributed by atoms with Gasteiger partial charge in [0, 0.05) is 5.39 Å². The molecule has 1 heterocycles. The molecule has 2 aromatic carbocycles. The molecule has 104 valence electrons. The quantitative estimate of drug-likeness (QED) is 0.780. The zero-order valence-electron chi connectivity index (χ0n) is 10.7. The molecule has 0 aliphatic heterocycles. The lowest BCUT2D eigenvalue weighted by Crippen LogP contribution is -1.97. The third kappa shape index (κ3) is 2.71. The number of carbonyl (C=O) groups is 1. The van der Waals surface area contributed by atoms with Crippen molar-refractivity contribution in [3.63, 3.8) is 0 Å². The highest BCUT2D eigenvalue weighted by atomic mass is 79.9. The highest BCUT2D eigenvalue weighted by Gasteiger charge is 2.11. The highest BCUT2D eigenvalue weighted by Crippen LogP contribution is 2.33. The lowest BCUT2D eigenvalue weighted by Gasteiger charge is -2.10. The van der Waals surface area contributed by atoms with E-state index in [0.29, 0.717) is 21.5 Å². The fourth-order valence-corrected chi connectivity index (χ4v) is 2.22. The van der Waals surface area contributed by atoms with Crippen LogP contribution in [-0.4, -0.2) is 21.3 Å². The van der Waals surface area contributed by atoms with Gasteiger partial charge in [0.15, 0.2) is 5.75 Å². The Bertz CT molecular complexity index is 831. The van der Waals surface area contributed by atoms with E-state index in [4.69, 9.17) is 9.84 Å². The SMILES string of the molecule is O=C(O)c1ccc(Br)c(Oc2cnnc3ccccc23)c1. The molecule has 0 fully saturated rings. The van der Waals surface area contributed by atoms with Gasteiger partial charge in [-0.25, -0.2) is 4.79 Å². The van der Waals surface area contributed by atoms with Gasteiger partial charge in [-0.05, 0) is 46.3 Å². The summed E-state index contributed by atoms with van der Waals surface area (Å²) in [4.78, 5) is 11.0. The third-order valence-corrected chi connectivity index (χ3v) is 3.56. The second-order valence-electron chi connectivity index (χ2n) is 4.28. The molecule has 1 aromatic heterocycles. The number of nitrogens with zero attached hydrogens (tertiary/aromatic N) is 2. The molecular formula is C15H9BrN2O3. The summed E-state index contributed by atoms with van der Waals surface area (Å²) in [6.07, 6.45) is 1.50. The number of fused-ring (bicyclic) bond motifs is 1. The molecule has 0 unspecified atom stereocenters. The van der Waals surface area contributed by atoms with Gasteiger partial charge in [-0.15, -0.1) is 0 Å². The molecule has 0 spiro atoms.